The lowest BCUT2D eigenvalue weighted by Gasteiger charge is -2.31. The molecule has 1 aromatic carbocycles. The summed E-state index contributed by atoms with van der Waals surface area (Å²) in [6, 6.07) is 5.23. The summed E-state index contributed by atoms with van der Waals surface area (Å²) < 4.78 is 0. The molecule has 0 saturated carbocycles. The van der Waals surface area contributed by atoms with Crippen LogP contribution in [0.15, 0.2) is 30.4 Å². The van der Waals surface area contributed by atoms with Crippen LogP contribution in [0.1, 0.15) is 27.9 Å². The fourth-order valence-electron chi connectivity index (χ4n) is 3.14. The van der Waals surface area contributed by atoms with Crippen molar-refractivity contribution in [2.75, 3.05) is 6.54 Å². The van der Waals surface area contributed by atoms with Gasteiger partial charge in [0.15, 0.2) is 0 Å². The lowest BCUT2D eigenvalue weighted by Crippen LogP contribution is -2.40. The molecule has 5 nitrogen and oxygen atoms in total. The van der Waals surface area contributed by atoms with Crippen LogP contribution in [0.25, 0.3) is 0 Å². The molecule has 110 valence electrons. The Kier molecular flexibility index (Phi) is 3.51. The number of carbonyl (C=O) groups excluding carboxylic acids is 1. The Labute approximate surface area is 123 Å². The summed E-state index contributed by atoms with van der Waals surface area (Å²) in [6.07, 6.45) is 5.02. The van der Waals surface area contributed by atoms with E-state index in [1.807, 2.05) is 18.2 Å². The number of nitrogens with two attached hydrogens (primary N) is 1. The standard InChI is InChI=1S/C16H18N2O3/c17-12-5-4-10(8-12)15(19)18-7-6-13-11(9-18)2-1-3-14(13)16(20)21/h1-5,10,12H,6-9,17H2,(H,20,21). The number of hydrogen-bond donors (Lipinski definition) is 2. The molecule has 21 heavy (non-hydrogen) atoms. The Balaban J connectivity index is 1.79. The van der Waals surface area contributed by atoms with Crippen molar-refractivity contribution in [3.05, 3.63) is 47.0 Å². The molecule has 1 aliphatic heterocycles. The van der Waals surface area contributed by atoms with Crippen molar-refractivity contribution < 1.29 is 14.7 Å². The average Bonchev–Trinajstić information content (AvgIpc) is 2.91. The van der Waals surface area contributed by atoms with E-state index in [1.165, 1.54) is 0 Å². The normalized spacial score (nSPS) is 24.0. The molecule has 5 heteroatoms. The van der Waals surface area contributed by atoms with E-state index in [1.54, 1.807) is 17.0 Å². The van der Waals surface area contributed by atoms with Gasteiger partial charge in [-0.1, -0.05) is 24.3 Å². The zero-order valence-electron chi connectivity index (χ0n) is 11.7. The third kappa shape index (κ3) is 2.56. The summed E-state index contributed by atoms with van der Waals surface area (Å²) in [7, 11) is 0. The van der Waals surface area contributed by atoms with E-state index in [2.05, 4.69) is 0 Å². The van der Waals surface area contributed by atoms with Gasteiger partial charge in [-0.25, -0.2) is 4.79 Å². The first-order valence-electron chi connectivity index (χ1n) is 7.13. The first-order chi connectivity index (χ1) is 10.1. The molecular weight excluding hydrogens is 268 g/mol. The van der Waals surface area contributed by atoms with Gasteiger partial charge in [-0.05, 0) is 30.0 Å². The van der Waals surface area contributed by atoms with Crippen LogP contribution < -0.4 is 5.73 Å². The molecule has 2 unspecified atom stereocenters. The molecule has 3 rings (SSSR count). The second kappa shape index (κ2) is 5.33. The maximum absolute atomic E-state index is 12.5. The largest absolute Gasteiger partial charge is 0.478 e. The molecule has 2 aliphatic rings. The van der Waals surface area contributed by atoms with Crippen LogP contribution in [0, 0.1) is 5.92 Å². The molecule has 1 heterocycles. The van der Waals surface area contributed by atoms with Gasteiger partial charge in [-0.3, -0.25) is 4.79 Å². The van der Waals surface area contributed by atoms with Gasteiger partial charge in [0.2, 0.25) is 5.91 Å². The van der Waals surface area contributed by atoms with Crippen LogP contribution in [0.2, 0.25) is 0 Å². The van der Waals surface area contributed by atoms with Gasteiger partial charge in [0, 0.05) is 19.1 Å². The Morgan fingerprint density at radius 3 is 2.76 bits per heavy atom. The summed E-state index contributed by atoms with van der Waals surface area (Å²) in [5.74, 6) is -0.953. The van der Waals surface area contributed by atoms with Crippen molar-refractivity contribution in [2.24, 2.45) is 11.7 Å². The lowest BCUT2D eigenvalue weighted by molar-refractivity contribution is -0.135. The van der Waals surface area contributed by atoms with Crippen molar-refractivity contribution in [2.45, 2.75) is 25.4 Å². The predicted molar refractivity (Wildman–Crippen MR) is 77.7 cm³/mol. The molecule has 0 aromatic heterocycles. The van der Waals surface area contributed by atoms with Crippen molar-refractivity contribution in [3.63, 3.8) is 0 Å². The van der Waals surface area contributed by atoms with Gasteiger partial charge >= 0.3 is 5.97 Å². The summed E-state index contributed by atoms with van der Waals surface area (Å²) in [4.78, 5) is 25.5. The lowest BCUT2D eigenvalue weighted by atomic mass is 9.93. The first kappa shape index (κ1) is 13.8. The topological polar surface area (TPSA) is 83.6 Å². The smallest absolute Gasteiger partial charge is 0.335 e. The number of rotatable bonds is 2. The minimum atomic E-state index is -0.906. The van der Waals surface area contributed by atoms with Gasteiger partial charge in [0.1, 0.15) is 0 Å². The highest BCUT2D eigenvalue weighted by Gasteiger charge is 2.30. The van der Waals surface area contributed by atoms with E-state index in [9.17, 15) is 14.7 Å². The van der Waals surface area contributed by atoms with Gasteiger partial charge < -0.3 is 15.7 Å². The number of carboxylic acid groups (broad SMARTS) is 1. The second-order valence-electron chi connectivity index (χ2n) is 5.65. The fraction of sp³-hybridized carbons (Fsp3) is 0.375. The highest BCUT2D eigenvalue weighted by Crippen LogP contribution is 2.26. The highest BCUT2D eigenvalue weighted by molar-refractivity contribution is 5.90. The number of amides is 1. The van der Waals surface area contributed by atoms with Crippen molar-refractivity contribution in [3.8, 4) is 0 Å². The van der Waals surface area contributed by atoms with Gasteiger partial charge in [-0.15, -0.1) is 0 Å². The zero-order chi connectivity index (χ0) is 15.0. The summed E-state index contributed by atoms with van der Waals surface area (Å²) in [5, 5.41) is 9.21. The summed E-state index contributed by atoms with van der Waals surface area (Å²) in [6.45, 7) is 1.05. The molecule has 3 N–H and O–H groups in total. The molecule has 0 saturated heterocycles. The summed E-state index contributed by atoms with van der Waals surface area (Å²) >= 11 is 0. The van der Waals surface area contributed by atoms with E-state index < -0.39 is 5.97 Å². The number of fused-ring (bicyclic) bond motifs is 1. The maximum atomic E-state index is 12.5. The number of aromatic carboxylic acids is 1. The van der Waals surface area contributed by atoms with Crippen molar-refractivity contribution >= 4 is 11.9 Å². The van der Waals surface area contributed by atoms with Crippen molar-refractivity contribution in [1.29, 1.82) is 0 Å². The van der Waals surface area contributed by atoms with E-state index >= 15 is 0 Å². The van der Waals surface area contributed by atoms with Crippen LogP contribution in [-0.4, -0.2) is 34.5 Å². The Bertz CT molecular complexity index is 624. The van der Waals surface area contributed by atoms with Gasteiger partial charge in [-0.2, -0.15) is 0 Å². The SMILES string of the molecule is NC1C=CC(C(=O)N2CCc3c(cccc3C(=O)O)C2)C1. The zero-order valence-corrected chi connectivity index (χ0v) is 11.7. The van der Waals surface area contributed by atoms with E-state index in [-0.39, 0.29) is 17.9 Å². The van der Waals surface area contributed by atoms with Crippen LogP contribution in [0.4, 0.5) is 0 Å². The molecular formula is C16H18N2O3. The average molecular weight is 286 g/mol. The highest BCUT2D eigenvalue weighted by atomic mass is 16.4. The summed E-state index contributed by atoms with van der Waals surface area (Å²) in [5.41, 5.74) is 7.93. The molecule has 1 aromatic rings. The molecule has 2 atom stereocenters. The monoisotopic (exact) mass is 286 g/mol. The van der Waals surface area contributed by atoms with E-state index in [4.69, 9.17) is 5.73 Å². The Morgan fingerprint density at radius 1 is 1.29 bits per heavy atom. The number of benzene rings is 1. The van der Waals surface area contributed by atoms with Crippen LogP contribution in [0.3, 0.4) is 0 Å². The molecule has 0 radical (unpaired) electrons. The predicted octanol–water partition coefficient (Wildman–Crippen LogP) is 1.17. The molecule has 1 amide bonds. The Morgan fingerprint density at radius 2 is 2.10 bits per heavy atom. The number of carbonyl (C=O) groups is 2. The van der Waals surface area contributed by atoms with Crippen LogP contribution >= 0.6 is 0 Å². The molecule has 0 fully saturated rings. The fourth-order valence-corrected chi connectivity index (χ4v) is 3.14. The Hall–Kier alpha value is -2.14. The third-order valence-corrected chi connectivity index (χ3v) is 4.24. The molecule has 1 aliphatic carbocycles. The second-order valence-corrected chi connectivity index (χ2v) is 5.65. The first-order valence-corrected chi connectivity index (χ1v) is 7.13. The molecule has 0 bridgehead atoms. The number of carboxylic acids is 1. The number of nitrogens with zero attached hydrogens (tertiary/aromatic N) is 1. The van der Waals surface area contributed by atoms with E-state index in [0.717, 1.165) is 11.1 Å². The van der Waals surface area contributed by atoms with Gasteiger partial charge in [0.05, 0.1) is 11.5 Å². The molecule has 0 spiro atoms. The minimum absolute atomic E-state index is 0.0327. The van der Waals surface area contributed by atoms with Crippen molar-refractivity contribution in [1.82, 2.24) is 4.90 Å². The third-order valence-electron chi connectivity index (χ3n) is 4.24. The van der Waals surface area contributed by atoms with Gasteiger partial charge in [0.25, 0.3) is 0 Å². The number of hydrogen-bond acceptors (Lipinski definition) is 3. The van der Waals surface area contributed by atoms with Crippen LogP contribution in [-0.2, 0) is 17.8 Å². The van der Waals surface area contributed by atoms with Crippen LogP contribution in [0.5, 0.6) is 0 Å². The minimum Gasteiger partial charge on any atom is -0.478 e. The quantitative estimate of drug-likeness (QED) is 0.799. The van der Waals surface area contributed by atoms with E-state index in [0.29, 0.717) is 31.5 Å². The maximum Gasteiger partial charge on any atom is 0.335 e.